The standard InChI is InChI=1S/C22H19ClN2O3S/c1-14(2)12-25-21(26)20(29-22(25)27)10-15-7-8-19(18(23)9-15)28-13-17-6-4-3-5-16(17)11-24/h3-10,14H,12-13H2,1-2H3/b20-10-. The third-order valence-electron chi connectivity index (χ3n) is 4.20. The molecule has 0 saturated carbocycles. The zero-order valence-electron chi connectivity index (χ0n) is 16.0. The molecule has 1 heterocycles. The van der Waals surface area contributed by atoms with Crippen LogP contribution < -0.4 is 4.74 Å². The molecule has 2 aromatic rings. The summed E-state index contributed by atoms with van der Waals surface area (Å²) in [5.74, 6) is 0.405. The van der Waals surface area contributed by atoms with Crippen LogP contribution in [0.25, 0.3) is 6.08 Å². The van der Waals surface area contributed by atoms with Crippen LogP contribution in [0.15, 0.2) is 47.4 Å². The molecule has 1 aliphatic rings. The number of thioether (sulfide) groups is 1. The molecule has 0 aromatic heterocycles. The smallest absolute Gasteiger partial charge is 0.293 e. The summed E-state index contributed by atoms with van der Waals surface area (Å²) in [5, 5.41) is 9.29. The lowest BCUT2D eigenvalue weighted by atomic mass is 10.1. The van der Waals surface area contributed by atoms with Gasteiger partial charge in [-0.05, 0) is 47.5 Å². The van der Waals surface area contributed by atoms with Crippen LogP contribution in [0.3, 0.4) is 0 Å². The number of hydrogen-bond acceptors (Lipinski definition) is 5. The van der Waals surface area contributed by atoms with Gasteiger partial charge in [-0.1, -0.05) is 49.7 Å². The highest BCUT2D eigenvalue weighted by Crippen LogP contribution is 2.34. The van der Waals surface area contributed by atoms with Crippen LogP contribution in [0.5, 0.6) is 5.75 Å². The van der Waals surface area contributed by atoms with Gasteiger partial charge in [-0.2, -0.15) is 5.26 Å². The third kappa shape index (κ3) is 5.00. The Hall–Kier alpha value is -2.75. The average molecular weight is 427 g/mol. The van der Waals surface area contributed by atoms with Crippen molar-refractivity contribution in [2.75, 3.05) is 6.54 Å². The lowest BCUT2D eigenvalue weighted by Crippen LogP contribution is -2.31. The molecule has 1 fully saturated rings. The molecule has 0 unspecified atom stereocenters. The molecule has 0 N–H and O–H groups in total. The van der Waals surface area contributed by atoms with Crippen molar-refractivity contribution >= 4 is 40.6 Å². The molecule has 148 valence electrons. The van der Waals surface area contributed by atoms with Crippen molar-refractivity contribution < 1.29 is 14.3 Å². The second kappa shape index (κ2) is 9.17. The van der Waals surface area contributed by atoms with Gasteiger partial charge in [0.1, 0.15) is 12.4 Å². The molecule has 29 heavy (non-hydrogen) atoms. The Labute approximate surface area is 178 Å². The molecule has 1 aliphatic heterocycles. The highest BCUT2D eigenvalue weighted by atomic mass is 35.5. The van der Waals surface area contributed by atoms with E-state index in [-0.39, 0.29) is 23.7 Å². The number of amides is 2. The van der Waals surface area contributed by atoms with Crippen molar-refractivity contribution in [1.29, 1.82) is 5.26 Å². The maximum Gasteiger partial charge on any atom is 0.293 e. The quantitative estimate of drug-likeness (QED) is 0.571. The molecule has 0 atom stereocenters. The first kappa shape index (κ1) is 21.0. The largest absolute Gasteiger partial charge is 0.487 e. The van der Waals surface area contributed by atoms with Gasteiger partial charge in [0.15, 0.2) is 0 Å². The summed E-state index contributed by atoms with van der Waals surface area (Å²) in [5.41, 5.74) is 2.03. The number of benzene rings is 2. The lowest BCUT2D eigenvalue weighted by molar-refractivity contribution is -0.123. The Balaban J connectivity index is 1.73. The summed E-state index contributed by atoms with van der Waals surface area (Å²) in [6.45, 7) is 4.54. The maximum absolute atomic E-state index is 12.5. The Kier molecular flexibility index (Phi) is 6.63. The first-order valence-corrected chi connectivity index (χ1v) is 10.2. The molecule has 1 saturated heterocycles. The van der Waals surface area contributed by atoms with Crippen molar-refractivity contribution in [2.24, 2.45) is 5.92 Å². The number of carbonyl (C=O) groups is 2. The van der Waals surface area contributed by atoms with Crippen LogP contribution in [0.1, 0.15) is 30.5 Å². The predicted molar refractivity (Wildman–Crippen MR) is 114 cm³/mol. The minimum absolute atomic E-state index is 0.208. The molecular formula is C22H19ClN2O3S. The fraction of sp³-hybridized carbons (Fsp3) is 0.227. The van der Waals surface area contributed by atoms with Crippen molar-refractivity contribution in [3.8, 4) is 11.8 Å². The van der Waals surface area contributed by atoms with E-state index in [9.17, 15) is 9.59 Å². The number of nitrogens with zero attached hydrogens (tertiary/aromatic N) is 2. The summed E-state index contributed by atoms with van der Waals surface area (Å²) in [4.78, 5) is 26.2. The Bertz CT molecular complexity index is 1030. The lowest BCUT2D eigenvalue weighted by Gasteiger charge is -2.14. The molecule has 0 spiro atoms. The summed E-state index contributed by atoms with van der Waals surface area (Å²) >= 11 is 7.26. The van der Waals surface area contributed by atoms with Gasteiger partial charge >= 0.3 is 0 Å². The van der Waals surface area contributed by atoms with Crippen LogP contribution in [0, 0.1) is 17.2 Å². The van der Waals surface area contributed by atoms with E-state index in [0.29, 0.717) is 33.3 Å². The van der Waals surface area contributed by atoms with Crippen LogP contribution in [0.4, 0.5) is 4.79 Å². The molecule has 0 bridgehead atoms. The number of nitriles is 1. The number of rotatable bonds is 6. The topological polar surface area (TPSA) is 70.4 Å². The van der Waals surface area contributed by atoms with Crippen molar-refractivity contribution in [2.45, 2.75) is 20.5 Å². The van der Waals surface area contributed by atoms with Crippen molar-refractivity contribution in [1.82, 2.24) is 4.90 Å². The third-order valence-corrected chi connectivity index (χ3v) is 5.40. The maximum atomic E-state index is 12.5. The van der Waals surface area contributed by atoms with E-state index in [4.69, 9.17) is 21.6 Å². The number of imide groups is 1. The van der Waals surface area contributed by atoms with Crippen LogP contribution >= 0.6 is 23.4 Å². The Morgan fingerprint density at radius 3 is 2.69 bits per heavy atom. The van der Waals surface area contributed by atoms with E-state index in [1.54, 1.807) is 36.4 Å². The minimum Gasteiger partial charge on any atom is -0.487 e. The van der Waals surface area contributed by atoms with Gasteiger partial charge in [0.05, 0.1) is 21.6 Å². The molecule has 5 nitrogen and oxygen atoms in total. The van der Waals surface area contributed by atoms with Crippen molar-refractivity contribution in [3.63, 3.8) is 0 Å². The Morgan fingerprint density at radius 1 is 1.24 bits per heavy atom. The normalized spacial score (nSPS) is 15.3. The first-order chi connectivity index (χ1) is 13.9. The summed E-state index contributed by atoms with van der Waals surface area (Å²) in [6.07, 6.45) is 1.66. The van der Waals surface area contributed by atoms with Gasteiger partial charge in [-0.25, -0.2) is 0 Å². The van der Waals surface area contributed by atoms with Gasteiger partial charge in [0, 0.05) is 12.1 Å². The van der Waals surface area contributed by atoms with Crippen LogP contribution in [-0.4, -0.2) is 22.6 Å². The number of ether oxygens (including phenoxy) is 1. The van der Waals surface area contributed by atoms with E-state index in [1.165, 1.54) is 4.90 Å². The summed E-state index contributed by atoms with van der Waals surface area (Å²) in [7, 11) is 0. The predicted octanol–water partition coefficient (Wildman–Crippen LogP) is 5.48. The molecule has 7 heteroatoms. The van der Waals surface area contributed by atoms with Crippen LogP contribution in [0.2, 0.25) is 5.02 Å². The average Bonchev–Trinajstić information content (AvgIpc) is 2.94. The number of hydrogen-bond donors (Lipinski definition) is 0. The summed E-state index contributed by atoms with van der Waals surface area (Å²) in [6, 6.07) is 14.5. The summed E-state index contributed by atoms with van der Waals surface area (Å²) < 4.78 is 5.75. The highest BCUT2D eigenvalue weighted by molar-refractivity contribution is 8.18. The van der Waals surface area contributed by atoms with Gasteiger partial charge in [0.2, 0.25) is 0 Å². The molecule has 0 aliphatic carbocycles. The van der Waals surface area contributed by atoms with Gasteiger partial charge in [0.25, 0.3) is 11.1 Å². The zero-order chi connectivity index (χ0) is 21.0. The van der Waals surface area contributed by atoms with Gasteiger partial charge in [-0.3, -0.25) is 14.5 Å². The van der Waals surface area contributed by atoms with E-state index in [2.05, 4.69) is 6.07 Å². The van der Waals surface area contributed by atoms with E-state index < -0.39 is 0 Å². The molecule has 2 amide bonds. The SMILES string of the molecule is CC(C)CN1C(=O)S/C(=C\c2ccc(OCc3ccccc3C#N)c(Cl)c2)C1=O. The molecule has 3 rings (SSSR count). The van der Waals surface area contributed by atoms with Crippen LogP contribution in [-0.2, 0) is 11.4 Å². The number of carbonyl (C=O) groups excluding carboxylic acids is 2. The minimum atomic E-state index is -0.279. The second-order valence-electron chi connectivity index (χ2n) is 6.93. The van der Waals surface area contributed by atoms with Gasteiger partial charge < -0.3 is 4.74 Å². The van der Waals surface area contributed by atoms with Gasteiger partial charge in [-0.15, -0.1) is 0 Å². The second-order valence-corrected chi connectivity index (χ2v) is 8.33. The molecular weight excluding hydrogens is 408 g/mol. The van der Waals surface area contributed by atoms with E-state index in [0.717, 1.165) is 17.3 Å². The fourth-order valence-electron chi connectivity index (χ4n) is 2.81. The first-order valence-electron chi connectivity index (χ1n) is 9.04. The van der Waals surface area contributed by atoms with Crippen molar-refractivity contribution in [3.05, 3.63) is 69.1 Å². The molecule has 0 radical (unpaired) electrons. The monoisotopic (exact) mass is 426 g/mol. The molecule has 2 aromatic carbocycles. The highest BCUT2D eigenvalue weighted by Gasteiger charge is 2.35. The number of halogens is 1. The van der Waals surface area contributed by atoms with E-state index >= 15 is 0 Å². The van der Waals surface area contributed by atoms with E-state index in [1.807, 2.05) is 26.0 Å². The zero-order valence-corrected chi connectivity index (χ0v) is 17.6. The fourth-order valence-corrected chi connectivity index (χ4v) is 3.90. The Morgan fingerprint density at radius 2 is 2.00 bits per heavy atom.